The number of amides is 1. The quantitative estimate of drug-likeness (QED) is 0.744. The number of ether oxygens (including phenoxy) is 3. The minimum absolute atomic E-state index is 0.0476. The Labute approximate surface area is 161 Å². The number of carbonyl (C=O) groups excluding carboxylic acids is 1. The lowest BCUT2D eigenvalue weighted by atomic mass is 10.1. The van der Waals surface area contributed by atoms with Gasteiger partial charge >= 0.3 is 0 Å². The molecule has 138 valence electrons. The Bertz CT molecular complexity index is 778. The molecule has 0 unspecified atom stereocenters. The number of hydrogen-bond acceptors (Lipinski definition) is 4. The first-order valence-corrected chi connectivity index (χ1v) is 9.46. The summed E-state index contributed by atoms with van der Waals surface area (Å²) in [6.45, 7) is 4.73. The van der Waals surface area contributed by atoms with Crippen LogP contribution in [-0.4, -0.2) is 25.7 Å². The van der Waals surface area contributed by atoms with Crippen LogP contribution in [0.4, 0.5) is 0 Å². The molecular formula is C20H22BrNO4. The Kier molecular flexibility index (Phi) is 6.52. The van der Waals surface area contributed by atoms with Crippen molar-refractivity contribution in [3.05, 3.63) is 57.6 Å². The zero-order valence-electron chi connectivity index (χ0n) is 14.7. The van der Waals surface area contributed by atoms with Gasteiger partial charge < -0.3 is 19.5 Å². The van der Waals surface area contributed by atoms with Gasteiger partial charge in [-0.25, -0.2) is 0 Å². The molecule has 1 aliphatic heterocycles. The van der Waals surface area contributed by atoms with E-state index in [4.69, 9.17) is 14.2 Å². The van der Waals surface area contributed by atoms with Crippen molar-refractivity contribution in [3.8, 4) is 11.5 Å². The Morgan fingerprint density at radius 3 is 2.54 bits per heavy atom. The average Bonchev–Trinajstić information content (AvgIpc) is 2.66. The molecule has 0 aromatic heterocycles. The molecule has 1 N–H and O–H groups in total. The second-order valence-electron chi connectivity index (χ2n) is 5.95. The van der Waals surface area contributed by atoms with Gasteiger partial charge in [-0.3, -0.25) is 4.79 Å². The van der Waals surface area contributed by atoms with E-state index in [0.717, 1.165) is 21.2 Å². The first-order valence-electron chi connectivity index (χ1n) is 8.66. The van der Waals surface area contributed by atoms with Crippen LogP contribution in [0.25, 0.3) is 0 Å². The molecule has 1 aliphatic rings. The van der Waals surface area contributed by atoms with Crippen LogP contribution in [0.3, 0.4) is 0 Å². The Balaban J connectivity index is 1.61. The third kappa shape index (κ3) is 4.77. The van der Waals surface area contributed by atoms with Gasteiger partial charge in [0.05, 0.1) is 13.0 Å². The van der Waals surface area contributed by atoms with Gasteiger partial charge in [-0.2, -0.15) is 0 Å². The van der Waals surface area contributed by atoms with Gasteiger partial charge in [0.1, 0.15) is 13.2 Å². The van der Waals surface area contributed by atoms with Gasteiger partial charge in [0, 0.05) is 17.6 Å². The SMILES string of the molecule is CCOCc1ccccc1CNC(=O)Cc1cc2c(cc1Br)OCCO2. The van der Waals surface area contributed by atoms with E-state index in [-0.39, 0.29) is 12.3 Å². The first kappa shape index (κ1) is 18.7. The zero-order valence-corrected chi connectivity index (χ0v) is 16.3. The molecule has 0 saturated carbocycles. The Morgan fingerprint density at radius 1 is 1.12 bits per heavy atom. The Morgan fingerprint density at radius 2 is 1.81 bits per heavy atom. The highest BCUT2D eigenvalue weighted by atomic mass is 79.9. The Hall–Kier alpha value is -2.05. The van der Waals surface area contributed by atoms with Crippen LogP contribution in [0, 0.1) is 0 Å². The third-order valence-corrected chi connectivity index (χ3v) is 4.86. The summed E-state index contributed by atoms with van der Waals surface area (Å²) >= 11 is 3.51. The monoisotopic (exact) mass is 419 g/mol. The standard InChI is InChI=1S/C20H22BrNO4/c1-2-24-13-15-6-4-3-5-14(15)12-22-20(23)10-16-9-18-19(11-17(16)21)26-8-7-25-18/h3-6,9,11H,2,7-8,10,12-13H2,1H3,(H,22,23). The predicted octanol–water partition coefficient (Wildman–Crippen LogP) is 3.62. The van der Waals surface area contributed by atoms with E-state index < -0.39 is 0 Å². The summed E-state index contributed by atoms with van der Waals surface area (Å²) in [5.74, 6) is 1.34. The summed E-state index contributed by atoms with van der Waals surface area (Å²) in [6.07, 6.45) is 0.269. The number of hydrogen-bond donors (Lipinski definition) is 1. The fraction of sp³-hybridized carbons (Fsp3) is 0.350. The normalized spacial score (nSPS) is 12.7. The van der Waals surface area contributed by atoms with E-state index in [2.05, 4.69) is 21.2 Å². The molecule has 2 aromatic carbocycles. The molecule has 1 heterocycles. The number of rotatable bonds is 7. The zero-order chi connectivity index (χ0) is 18.4. The molecule has 26 heavy (non-hydrogen) atoms. The van der Waals surface area contributed by atoms with Crippen LogP contribution in [0.5, 0.6) is 11.5 Å². The van der Waals surface area contributed by atoms with Crippen LogP contribution in [-0.2, 0) is 29.1 Å². The largest absolute Gasteiger partial charge is 0.486 e. The molecule has 3 rings (SSSR count). The highest BCUT2D eigenvalue weighted by Crippen LogP contribution is 2.35. The molecule has 0 spiro atoms. The lowest BCUT2D eigenvalue weighted by Gasteiger charge is -2.20. The number of fused-ring (bicyclic) bond motifs is 1. The van der Waals surface area contributed by atoms with E-state index in [1.54, 1.807) is 0 Å². The fourth-order valence-corrected chi connectivity index (χ4v) is 3.22. The van der Waals surface area contributed by atoms with Crippen LogP contribution in [0.15, 0.2) is 40.9 Å². The molecule has 0 atom stereocenters. The van der Waals surface area contributed by atoms with Crippen molar-refractivity contribution in [2.45, 2.75) is 26.5 Å². The summed E-state index contributed by atoms with van der Waals surface area (Å²) in [6, 6.07) is 11.7. The van der Waals surface area contributed by atoms with Crippen LogP contribution in [0.2, 0.25) is 0 Å². The molecule has 2 aromatic rings. The van der Waals surface area contributed by atoms with Crippen molar-refractivity contribution < 1.29 is 19.0 Å². The second kappa shape index (κ2) is 9.05. The summed E-state index contributed by atoms with van der Waals surface area (Å²) in [5, 5.41) is 2.98. The average molecular weight is 420 g/mol. The topological polar surface area (TPSA) is 56.8 Å². The second-order valence-corrected chi connectivity index (χ2v) is 6.80. The predicted molar refractivity (Wildman–Crippen MR) is 102 cm³/mol. The van der Waals surface area contributed by atoms with Crippen LogP contribution < -0.4 is 14.8 Å². The summed E-state index contributed by atoms with van der Waals surface area (Å²) in [7, 11) is 0. The molecule has 0 saturated heterocycles. The summed E-state index contributed by atoms with van der Waals surface area (Å²) < 4.78 is 17.5. The van der Waals surface area contributed by atoms with Gasteiger partial charge in [-0.1, -0.05) is 40.2 Å². The molecule has 0 aliphatic carbocycles. The number of halogens is 1. The molecule has 0 bridgehead atoms. The van der Waals surface area contributed by atoms with Crippen molar-refractivity contribution in [1.29, 1.82) is 0 Å². The maximum absolute atomic E-state index is 12.4. The minimum Gasteiger partial charge on any atom is -0.486 e. The van der Waals surface area contributed by atoms with E-state index >= 15 is 0 Å². The summed E-state index contributed by atoms with van der Waals surface area (Å²) in [5.41, 5.74) is 3.03. The van der Waals surface area contributed by atoms with Crippen molar-refractivity contribution in [2.75, 3.05) is 19.8 Å². The molecular weight excluding hydrogens is 398 g/mol. The lowest BCUT2D eigenvalue weighted by Crippen LogP contribution is -2.25. The first-order chi connectivity index (χ1) is 12.7. The molecule has 1 amide bonds. The van der Waals surface area contributed by atoms with Gasteiger partial charge in [0.25, 0.3) is 0 Å². The smallest absolute Gasteiger partial charge is 0.224 e. The number of carbonyl (C=O) groups is 1. The van der Waals surface area contributed by atoms with E-state index in [1.807, 2.05) is 43.3 Å². The molecule has 5 nitrogen and oxygen atoms in total. The van der Waals surface area contributed by atoms with E-state index in [1.165, 1.54) is 0 Å². The van der Waals surface area contributed by atoms with E-state index in [9.17, 15) is 4.79 Å². The highest BCUT2D eigenvalue weighted by Gasteiger charge is 2.16. The summed E-state index contributed by atoms with van der Waals surface area (Å²) in [4.78, 5) is 12.4. The van der Waals surface area contributed by atoms with Gasteiger partial charge in [-0.05, 0) is 35.7 Å². The van der Waals surface area contributed by atoms with Crippen molar-refractivity contribution in [2.24, 2.45) is 0 Å². The highest BCUT2D eigenvalue weighted by molar-refractivity contribution is 9.10. The van der Waals surface area contributed by atoms with Crippen molar-refractivity contribution in [1.82, 2.24) is 5.32 Å². The van der Waals surface area contributed by atoms with Crippen molar-refractivity contribution in [3.63, 3.8) is 0 Å². The maximum atomic E-state index is 12.4. The van der Waals surface area contributed by atoms with Gasteiger partial charge in [0.15, 0.2) is 11.5 Å². The third-order valence-electron chi connectivity index (χ3n) is 4.12. The van der Waals surface area contributed by atoms with Crippen LogP contribution >= 0.6 is 15.9 Å². The van der Waals surface area contributed by atoms with Gasteiger partial charge in [-0.15, -0.1) is 0 Å². The maximum Gasteiger partial charge on any atom is 0.224 e. The molecule has 0 radical (unpaired) electrons. The minimum atomic E-state index is -0.0476. The number of benzene rings is 2. The van der Waals surface area contributed by atoms with Crippen LogP contribution in [0.1, 0.15) is 23.6 Å². The molecule has 0 fully saturated rings. The van der Waals surface area contributed by atoms with E-state index in [0.29, 0.717) is 44.5 Å². The molecule has 6 heteroatoms. The fourth-order valence-electron chi connectivity index (χ4n) is 2.75. The number of nitrogens with one attached hydrogen (secondary N) is 1. The van der Waals surface area contributed by atoms with Crippen molar-refractivity contribution >= 4 is 21.8 Å². The van der Waals surface area contributed by atoms with Gasteiger partial charge in [0.2, 0.25) is 5.91 Å². The lowest BCUT2D eigenvalue weighted by molar-refractivity contribution is -0.120.